The van der Waals surface area contributed by atoms with Gasteiger partial charge in [-0.25, -0.2) is 8.42 Å². The van der Waals surface area contributed by atoms with Crippen molar-refractivity contribution >= 4 is 27.7 Å². The second-order valence-electron chi connectivity index (χ2n) is 6.10. The molecule has 2 atom stereocenters. The van der Waals surface area contributed by atoms with Crippen LogP contribution in [-0.2, 0) is 14.8 Å². The zero-order chi connectivity index (χ0) is 17.7. The molecule has 0 spiro atoms. The smallest absolute Gasteiger partial charge is 0.241 e. The molecule has 0 saturated carbocycles. The summed E-state index contributed by atoms with van der Waals surface area (Å²) in [6, 6.07) is 5.82. The Balaban J connectivity index is 2.15. The molecule has 3 N–H and O–H groups in total. The summed E-state index contributed by atoms with van der Waals surface area (Å²) in [6.07, 6.45) is 3.14. The zero-order valence-electron chi connectivity index (χ0n) is 14.1. The molecule has 0 aliphatic carbocycles. The lowest BCUT2D eigenvalue weighted by atomic mass is 10.2. The van der Waals surface area contributed by atoms with Crippen molar-refractivity contribution in [1.29, 1.82) is 0 Å². The summed E-state index contributed by atoms with van der Waals surface area (Å²) in [4.78, 5) is 14.5. The maximum absolute atomic E-state index is 12.7. The predicted octanol–water partition coefficient (Wildman–Crippen LogP) is 0.955. The van der Waals surface area contributed by atoms with Crippen molar-refractivity contribution in [3.05, 3.63) is 29.8 Å². The van der Waals surface area contributed by atoms with Crippen LogP contribution >= 0.6 is 11.8 Å². The second kappa shape index (κ2) is 8.33. The highest BCUT2D eigenvalue weighted by Gasteiger charge is 2.32. The van der Waals surface area contributed by atoms with Crippen LogP contribution in [0.5, 0.6) is 0 Å². The van der Waals surface area contributed by atoms with Gasteiger partial charge in [-0.3, -0.25) is 4.79 Å². The number of nitrogens with zero attached hydrogens (tertiary/aromatic N) is 1. The number of sulfonamides is 1. The van der Waals surface area contributed by atoms with Crippen LogP contribution in [0, 0.1) is 6.92 Å². The lowest BCUT2D eigenvalue weighted by Crippen LogP contribution is -2.48. The minimum Gasteiger partial charge on any atom is -0.340 e. The molecule has 6 nitrogen and oxygen atoms in total. The number of aryl methyl sites for hydroxylation is 1. The molecule has 0 aromatic heterocycles. The van der Waals surface area contributed by atoms with E-state index in [0.29, 0.717) is 25.3 Å². The topological polar surface area (TPSA) is 92.5 Å². The van der Waals surface area contributed by atoms with Crippen LogP contribution in [0.4, 0.5) is 0 Å². The fraction of sp³-hybridized carbons (Fsp3) is 0.562. The summed E-state index contributed by atoms with van der Waals surface area (Å²) in [5.74, 6) is 0.514. The van der Waals surface area contributed by atoms with Gasteiger partial charge < -0.3 is 10.6 Å². The van der Waals surface area contributed by atoms with Gasteiger partial charge in [0.1, 0.15) is 6.04 Å². The number of hydrogen-bond acceptors (Lipinski definition) is 5. The van der Waals surface area contributed by atoms with E-state index in [0.717, 1.165) is 12.0 Å². The molecule has 0 radical (unpaired) electrons. The van der Waals surface area contributed by atoms with Crippen LogP contribution in [0.3, 0.4) is 0 Å². The summed E-state index contributed by atoms with van der Waals surface area (Å²) >= 11 is 1.58. The number of nitrogens with two attached hydrogens (primary N) is 1. The lowest BCUT2D eigenvalue weighted by Gasteiger charge is -2.24. The molecule has 0 bridgehead atoms. The Morgan fingerprint density at radius 2 is 2.08 bits per heavy atom. The van der Waals surface area contributed by atoms with Crippen LogP contribution in [0.15, 0.2) is 29.2 Å². The molecule has 1 aromatic rings. The molecule has 24 heavy (non-hydrogen) atoms. The van der Waals surface area contributed by atoms with Crippen molar-refractivity contribution in [2.75, 3.05) is 25.1 Å². The van der Waals surface area contributed by atoms with Crippen LogP contribution in [0.1, 0.15) is 18.4 Å². The molecule has 1 aromatic carbocycles. The number of amides is 1. The Bertz CT molecular complexity index is 662. The molecular formula is C16H25N3O3S2. The Morgan fingerprint density at radius 1 is 1.42 bits per heavy atom. The average Bonchev–Trinajstić information content (AvgIpc) is 2.97. The van der Waals surface area contributed by atoms with Crippen LogP contribution < -0.4 is 10.5 Å². The fourth-order valence-electron chi connectivity index (χ4n) is 2.65. The Morgan fingerprint density at radius 3 is 2.62 bits per heavy atom. The fourth-order valence-corrected chi connectivity index (χ4v) is 4.34. The molecule has 1 aliphatic rings. The molecule has 1 fully saturated rings. The van der Waals surface area contributed by atoms with Gasteiger partial charge in [0, 0.05) is 19.1 Å². The Hall–Kier alpha value is -1.09. The third-order valence-electron chi connectivity index (χ3n) is 4.07. The van der Waals surface area contributed by atoms with Crippen LogP contribution in [0.2, 0.25) is 0 Å². The van der Waals surface area contributed by atoms with Gasteiger partial charge >= 0.3 is 0 Å². The van der Waals surface area contributed by atoms with E-state index < -0.39 is 16.1 Å². The summed E-state index contributed by atoms with van der Waals surface area (Å²) in [7, 11) is -3.73. The standard InChI is InChI=1S/C16H25N3O3S2/c1-12-3-5-14(6-4-12)24(21,22)18-15(8-10-23-2)16(20)19-9-7-13(17)11-19/h3-6,13,15,18H,7-11,17H2,1-2H3/t13-,15?/m1/s1. The van der Waals surface area contributed by atoms with Gasteiger partial charge in [0.2, 0.25) is 15.9 Å². The van der Waals surface area contributed by atoms with E-state index in [1.54, 1.807) is 40.9 Å². The van der Waals surface area contributed by atoms with E-state index in [1.165, 1.54) is 0 Å². The van der Waals surface area contributed by atoms with E-state index in [1.807, 2.05) is 13.2 Å². The third kappa shape index (κ3) is 4.95. The zero-order valence-corrected chi connectivity index (χ0v) is 15.7. The molecule has 134 valence electrons. The number of rotatable bonds is 7. The number of likely N-dealkylation sites (tertiary alicyclic amines) is 1. The SMILES string of the molecule is CSCCC(NS(=O)(=O)c1ccc(C)cc1)C(=O)N1CC[C@@H](N)C1. The van der Waals surface area contributed by atoms with E-state index >= 15 is 0 Å². The molecule has 1 heterocycles. The van der Waals surface area contributed by atoms with Gasteiger partial charge in [-0.2, -0.15) is 16.5 Å². The monoisotopic (exact) mass is 371 g/mol. The molecule has 8 heteroatoms. The highest BCUT2D eigenvalue weighted by atomic mass is 32.2. The maximum atomic E-state index is 12.7. The van der Waals surface area contributed by atoms with Crippen molar-refractivity contribution in [3.8, 4) is 0 Å². The number of nitrogens with one attached hydrogen (secondary N) is 1. The van der Waals surface area contributed by atoms with Crippen molar-refractivity contribution < 1.29 is 13.2 Å². The summed E-state index contributed by atoms with van der Waals surface area (Å²) in [5, 5.41) is 0. The number of thioether (sulfide) groups is 1. The number of benzene rings is 1. The van der Waals surface area contributed by atoms with Crippen molar-refractivity contribution in [1.82, 2.24) is 9.62 Å². The largest absolute Gasteiger partial charge is 0.340 e. The minimum absolute atomic E-state index is 0.0242. The van der Waals surface area contributed by atoms with Crippen LogP contribution in [0.25, 0.3) is 0 Å². The first-order valence-corrected chi connectivity index (χ1v) is 10.8. The summed E-state index contributed by atoms with van der Waals surface area (Å²) in [5.41, 5.74) is 6.84. The van der Waals surface area contributed by atoms with Gasteiger partial charge in [0.15, 0.2) is 0 Å². The highest BCUT2D eigenvalue weighted by Crippen LogP contribution is 2.15. The average molecular weight is 372 g/mol. The normalized spacial score (nSPS) is 19.5. The quantitative estimate of drug-likeness (QED) is 0.745. The number of carbonyl (C=O) groups is 1. The first-order chi connectivity index (χ1) is 11.3. The minimum atomic E-state index is -3.73. The molecule has 1 amide bonds. The lowest BCUT2D eigenvalue weighted by molar-refractivity contribution is -0.132. The maximum Gasteiger partial charge on any atom is 0.241 e. The van der Waals surface area contributed by atoms with Gasteiger partial charge in [-0.1, -0.05) is 17.7 Å². The van der Waals surface area contributed by atoms with E-state index in [4.69, 9.17) is 5.73 Å². The first kappa shape index (κ1) is 19.2. The van der Waals surface area contributed by atoms with Crippen LogP contribution in [-0.4, -0.2) is 56.4 Å². The first-order valence-electron chi connectivity index (χ1n) is 7.96. The molecule has 1 unspecified atom stereocenters. The van der Waals surface area contributed by atoms with Crippen molar-refractivity contribution in [2.45, 2.75) is 36.7 Å². The molecule has 1 saturated heterocycles. The number of carbonyl (C=O) groups excluding carboxylic acids is 1. The van der Waals surface area contributed by atoms with Gasteiger partial charge in [0.05, 0.1) is 4.90 Å². The van der Waals surface area contributed by atoms with E-state index in [9.17, 15) is 13.2 Å². The second-order valence-corrected chi connectivity index (χ2v) is 8.80. The molecule has 2 rings (SSSR count). The summed E-state index contributed by atoms with van der Waals surface area (Å²) < 4.78 is 27.8. The predicted molar refractivity (Wildman–Crippen MR) is 97.5 cm³/mol. The third-order valence-corrected chi connectivity index (χ3v) is 6.21. The Labute approximate surface area is 148 Å². The Kier molecular flexibility index (Phi) is 6.68. The van der Waals surface area contributed by atoms with Crippen molar-refractivity contribution in [2.24, 2.45) is 5.73 Å². The van der Waals surface area contributed by atoms with Gasteiger partial charge in [-0.05, 0) is 43.9 Å². The van der Waals surface area contributed by atoms with Gasteiger partial charge in [0.25, 0.3) is 0 Å². The van der Waals surface area contributed by atoms with Gasteiger partial charge in [-0.15, -0.1) is 0 Å². The highest BCUT2D eigenvalue weighted by molar-refractivity contribution is 7.98. The number of hydrogen-bond donors (Lipinski definition) is 2. The van der Waals surface area contributed by atoms with Crippen molar-refractivity contribution in [3.63, 3.8) is 0 Å². The van der Waals surface area contributed by atoms with E-state index in [2.05, 4.69) is 4.72 Å². The molecule has 1 aliphatic heterocycles. The summed E-state index contributed by atoms with van der Waals surface area (Å²) in [6.45, 7) is 2.97. The van der Waals surface area contributed by atoms with E-state index in [-0.39, 0.29) is 16.8 Å². The molecular weight excluding hydrogens is 346 g/mol.